The molecule has 0 aromatic heterocycles. The fourth-order valence-corrected chi connectivity index (χ4v) is 2.09. The minimum Gasteiger partial charge on any atom is -0.289 e. The first kappa shape index (κ1) is 13.9. The molecule has 0 aliphatic carbocycles. The van der Waals surface area contributed by atoms with Crippen LogP contribution in [0.15, 0.2) is 48.5 Å². The summed E-state index contributed by atoms with van der Waals surface area (Å²) in [6.07, 6.45) is 3.21. The van der Waals surface area contributed by atoms with E-state index in [4.69, 9.17) is 23.2 Å². The number of benzene rings is 2. The molecule has 3 heteroatoms. The van der Waals surface area contributed by atoms with Gasteiger partial charge in [-0.3, -0.25) is 4.79 Å². The van der Waals surface area contributed by atoms with Crippen molar-refractivity contribution in [2.45, 2.75) is 6.92 Å². The van der Waals surface area contributed by atoms with Gasteiger partial charge in [-0.1, -0.05) is 59.1 Å². The molecule has 2 aromatic carbocycles. The van der Waals surface area contributed by atoms with E-state index in [9.17, 15) is 4.79 Å². The minimum atomic E-state index is -0.0500. The lowest BCUT2D eigenvalue weighted by molar-refractivity contribution is 0.104. The normalized spacial score (nSPS) is 10.9. The molecule has 19 heavy (non-hydrogen) atoms. The van der Waals surface area contributed by atoms with Crippen molar-refractivity contribution in [3.05, 3.63) is 75.3 Å². The molecular weight excluding hydrogens is 279 g/mol. The summed E-state index contributed by atoms with van der Waals surface area (Å²) in [7, 11) is 0. The number of hydrogen-bond donors (Lipinski definition) is 0. The Balaban J connectivity index is 2.18. The van der Waals surface area contributed by atoms with Crippen LogP contribution in [-0.2, 0) is 0 Å². The van der Waals surface area contributed by atoms with Crippen LogP contribution >= 0.6 is 23.2 Å². The largest absolute Gasteiger partial charge is 0.289 e. The predicted octanol–water partition coefficient (Wildman–Crippen LogP) is 5.20. The highest BCUT2D eigenvalue weighted by atomic mass is 35.5. The molecule has 0 bridgehead atoms. The molecule has 0 N–H and O–H groups in total. The van der Waals surface area contributed by atoms with E-state index in [0.29, 0.717) is 15.6 Å². The highest BCUT2D eigenvalue weighted by Gasteiger charge is 2.02. The summed E-state index contributed by atoms with van der Waals surface area (Å²) in [4.78, 5) is 12.0. The number of ketones is 1. The molecule has 2 rings (SSSR count). The molecule has 0 saturated heterocycles. The van der Waals surface area contributed by atoms with Crippen LogP contribution in [0.25, 0.3) is 6.08 Å². The summed E-state index contributed by atoms with van der Waals surface area (Å²) in [6, 6.07) is 12.6. The van der Waals surface area contributed by atoms with Gasteiger partial charge in [-0.2, -0.15) is 0 Å². The van der Waals surface area contributed by atoms with Crippen molar-refractivity contribution in [3.8, 4) is 0 Å². The van der Waals surface area contributed by atoms with E-state index in [1.54, 1.807) is 24.3 Å². The zero-order chi connectivity index (χ0) is 13.8. The Labute approximate surface area is 122 Å². The quantitative estimate of drug-likeness (QED) is 0.561. The molecule has 0 saturated carbocycles. The van der Waals surface area contributed by atoms with Crippen molar-refractivity contribution in [2.24, 2.45) is 0 Å². The third-order valence-electron chi connectivity index (χ3n) is 2.71. The van der Waals surface area contributed by atoms with Gasteiger partial charge in [0.25, 0.3) is 0 Å². The lowest BCUT2D eigenvalue weighted by atomic mass is 10.1. The van der Waals surface area contributed by atoms with Crippen molar-refractivity contribution in [1.82, 2.24) is 0 Å². The van der Waals surface area contributed by atoms with Gasteiger partial charge in [0.05, 0.1) is 0 Å². The van der Waals surface area contributed by atoms with Crippen molar-refractivity contribution in [2.75, 3.05) is 0 Å². The number of carbonyl (C=O) groups is 1. The fraction of sp³-hybridized carbons (Fsp3) is 0.0625. The third kappa shape index (κ3) is 3.69. The van der Waals surface area contributed by atoms with Crippen LogP contribution in [0, 0.1) is 6.92 Å². The molecule has 0 amide bonds. The Kier molecular flexibility index (Phi) is 4.41. The van der Waals surface area contributed by atoms with E-state index in [2.05, 4.69) is 0 Å². The molecule has 1 nitrogen and oxygen atoms in total. The van der Waals surface area contributed by atoms with Gasteiger partial charge in [0, 0.05) is 15.6 Å². The zero-order valence-corrected chi connectivity index (χ0v) is 11.9. The van der Waals surface area contributed by atoms with Gasteiger partial charge in [0.1, 0.15) is 0 Å². The molecule has 2 aromatic rings. The van der Waals surface area contributed by atoms with E-state index >= 15 is 0 Å². The summed E-state index contributed by atoms with van der Waals surface area (Å²) in [6.45, 7) is 1.98. The molecule has 0 aliphatic heterocycles. The molecule has 0 unspecified atom stereocenters. The Morgan fingerprint density at radius 2 is 1.74 bits per heavy atom. The topological polar surface area (TPSA) is 17.1 Å². The number of carbonyl (C=O) groups excluding carboxylic acids is 1. The first-order chi connectivity index (χ1) is 9.06. The summed E-state index contributed by atoms with van der Waals surface area (Å²) in [5.41, 5.74) is 2.56. The molecule has 0 spiro atoms. The standard InChI is InChI=1S/C16H12Cl2O/c1-11-2-4-13(5-3-11)16(19)9-7-12-6-8-14(17)10-15(12)18/h2-10H,1H3/b9-7+. The molecule has 96 valence electrons. The lowest BCUT2D eigenvalue weighted by Crippen LogP contribution is -1.93. The van der Waals surface area contributed by atoms with Gasteiger partial charge in [-0.25, -0.2) is 0 Å². The smallest absolute Gasteiger partial charge is 0.185 e. The Morgan fingerprint density at radius 1 is 1.05 bits per heavy atom. The van der Waals surface area contributed by atoms with Crippen LogP contribution in [0.1, 0.15) is 21.5 Å². The highest BCUT2D eigenvalue weighted by molar-refractivity contribution is 6.35. The van der Waals surface area contributed by atoms with Crippen molar-refractivity contribution >= 4 is 35.1 Å². The second-order valence-corrected chi connectivity index (χ2v) is 5.07. The first-order valence-corrected chi connectivity index (χ1v) is 6.56. The third-order valence-corrected chi connectivity index (χ3v) is 3.28. The maximum absolute atomic E-state index is 12.0. The van der Waals surface area contributed by atoms with Crippen LogP contribution in [0.5, 0.6) is 0 Å². The summed E-state index contributed by atoms with van der Waals surface area (Å²) in [5.74, 6) is -0.0500. The van der Waals surface area contributed by atoms with Crippen molar-refractivity contribution < 1.29 is 4.79 Å². The van der Waals surface area contributed by atoms with Gasteiger partial charge in [0.2, 0.25) is 0 Å². The minimum absolute atomic E-state index is 0.0500. The zero-order valence-electron chi connectivity index (χ0n) is 10.4. The average molecular weight is 291 g/mol. The van der Waals surface area contributed by atoms with Crippen LogP contribution in [0.3, 0.4) is 0 Å². The first-order valence-electron chi connectivity index (χ1n) is 5.80. The van der Waals surface area contributed by atoms with Crippen molar-refractivity contribution in [3.63, 3.8) is 0 Å². The Hall–Kier alpha value is -1.57. The number of aryl methyl sites for hydroxylation is 1. The van der Waals surface area contributed by atoms with Gasteiger partial charge >= 0.3 is 0 Å². The van der Waals surface area contributed by atoms with Gasteiger partial charge in [0.15, 0.2) is 5.78 Å². The fourth-order valence-electron chi connectivity index (χ4n) is 1.62. The monoisotopic (exact) mass is 290 g/mol. The number of halogens is 2. The maximum Gasteiger partial charge on any atom is 0.185 e. The van der Waals surface area contributed by atoms with E-state index in [-0.39, 0.29) is 5.78 Å². The Morgan fingerprint density at radius 3 is 2.37 bits per heavy atom. The lowest BCUT2D eigenvalue weighted by Gasteiger charge is -1.99. The molecule has 0 heterocycles. The number of allylic oxidation sites excluding steroid dienone is 1. The van der Waals surface area contributed by atoms with E-state index < -0.39 is 0 Å². The summed E-state index contributed by atoms with van der Waals surface area (Å²) in [5, 5.41) is 1.10. The predicted molar refractivity (Wildman–Crippen MR) is 81.0 cm³/mol. The number of rotatable bonds is 3. The molecule has 0 aliphatic rings. The molecule has 0 fully saturated rings. The second-order valence-electron chi connectivity index (χ2n) is 4.23. The van der Waals surface area contributed by atoms with Crippen LogP contribution in [0.2, 0.25) is 10.0 Å². The average Bonchev–Trinajstić information content (AvgIpc) is 2.38. The maximum atomic E-state index is 12.0. The van der Waals surface area contributed by atoms with Gasteiger partial charge in [-0.05, 0) is 36.8 Å². The molecule has 0 atom stereocenters. The SMILES string of the molecule is Cc1ccc(C(=O)/C=C/c2ccc(Cl)cc2Cl)cc1. The van der Waals surface area contributed by atoms with Crippen LogP contribution in [0.4, 0.5) is 0 Å². The van der Waals surface area contributed by atoms with E-state index in [0.717, 1.165) is 11.1 Å². The van der Waals surface area contributed by atoms with Gasteiger partial charge < -0.3 is 0 Å². The van der Waals surface area contributed by atoms with Crippen LogP contribution < -0.4 is 0 Å². The van der Waals surface area contributed by atoms with Gasteiger partial charge in [-0.15, -0.1) is 0 Å². The molecule has 0 radical (unpaired) electrons. The molecular formula is C16H12Cl2O. The van der Waals surface area contributed by atoms with E-state index in [1.165, 1.54) is 6.08 Å². The van der Waals surface area contributed by atoms with Crippen molar-refractivity contribution in [1.29, 1.82) is 0 Å². The number of hydrogen-bond acceptors (Lipinski definition) is 1. The highest BCUT2D eigenvalue weighted by Crippen LogP contribution is 2.22. The summed E-state index contributed by atoms with van der Waals surface area (Å²) < 4.78 is 0. The van der Waals surface area contributed by atoms with Crippen LogP contribution in [-0.4, -0.2) is 5.78 Å². The second kappa shape index (κ2) is 6.05. The Bertz CT molecular complexity index is 628. The summed E-state index contributed by atoms with van der Waals surface area (Å²) >= 11 is 11.8. The van der Waals surface area contributed by atoms with E-state index in [1.807, 2.05) is 31.2 Å².